The zero-order chi connectivity index (χ0) is 13.2. The minimum absolute atomic E-state index is 0.228. The second kappa shape index (κ2) is 5.47. The Hall–Kier alpha value is -0.770. The summed E-state index contributed by atoms with van der Waals surface area (Å²) >= 11 is 6.00. The number of rotatable bonds is 3. The van der Waals surface area contributed by atoms with E-state index in [9.17, 15) is 5.11 Å². The van der Waals surface area contributed by atoms with Gasteiger partial charge in [-0.15, -0.1) is 0 Å². The van der Waals surface area contributed by atoms with Crippen LogP contribution in [0.2, 0.25) is 5.02 Å². The molecule has 4 heteroatoms. The largest absolute Gasteiger partial charge is 0.496 e. The molecule has 3 nitrogen and oxygen atoms in total. The Morgan fingerprint density at radius 2 is 2.11 bits per heavy atom. The summed E-state index contributed by atoms with van der Waals surface area (Å²) in [5.41, 5.74) is 6.16. The highest BCUT2D eigenvalue weighted by atomic mass is 35.5. The van der Waals surface area contributed by atoms with E-state index in [0.717, 1.165) is 37.0 Å². The molecule has 0 bridgehead atoms. The van der Waals surface area contributed by atoms with Crippen molar-refractivity contribution >= 4 is 11.6 Å². The predicted molar refractivity (Wildman–Crippen MR) is 73.1 cm³/mol. The SMILES string of the molecule is COc1ccc(Cl)cc1CC1(O)CCC(N)CC1. The lowest BCUT2D eigenvalue weighted by molar-refractivity contribution is -0.000207. The number of benzene rings is 1. The fourth-order valence-corrected chi connectivity index (χ4v) is 2.79. The van der Waals surface area contributed by atoms with Crippen molar-refractivity contribution in [1.29, 1.82) is 0 Å². The molecule has 0 unspecified atom stereocenters. The van der Waals surface area contributed by atoms with Crippen molar-refractivity contribution in [1.82, 2.24) is 0 Å². The molecule has 18 heavy (non-hydrogen) atoms. The molecule has 1 aromatic carbocycles. The van der Waals surface area contributed by atoms with Gasteiger partial charge in [0, 0.05) is 17.5 Å². The molecule has 0 spiro atoms. The van der Waals surface area contributed by atoms with Gasteiger partial charge < -0.3 is 15.6 Å². The van der Waals surface area contributed by atoms with Gasteiger partial charge >= 0.3 is 0 Å². The lowest BCUT2D eigenvalue weighted by Gasteiger charge is -2.35. The van der Waals surface area contributed by atoms with Gasteiger partial charge in [-0.3, -0.25) is 0 Å². The van der Waals surface area contributed by atoms with Crippen LogP contribution in [0.3, 0.4) is 0 Å². The molecule has 1 aromatic rings. The quantitative estimate of drug-likeness (QED) is 0.887. The van der Waals surface area contributed by atoms with E-state index in [4.69, 9.17) is 22.1 Å². The molecule has 0 heterocycles. The van der Waals surface area contributed by atoms with Crippen LogP contribution in [0.5, 0.6) is 5.75 Å². The molecule has 1 aliphatic carbocycles. The zero-order valence-electron chi connectivity index (χ0n) is 10.7. The number of methoxy groups -OCH3 is 1. The number of nitrogens with two attached hydrogens (primary N) is 1. The number of hydrogen-bond acceptors (Lipinski definition) is 3. The van der Waals surface area contributed by atoms with Crippen molar-refractivity contribution in [3.63, 3.8) is 0 Å². The third-order valence-electron chi connectivity index (χ3n) is 3.72. The van der Waals surface area contributed by atoms with Crippen LogP contribution in [0.1, 0.15) is 31.2 Å². The molecule has 0 amide bonds. The Kier molecular flexibility index (Phi) is 4.15. The minimum atomic E-state index is -0.673. The third-order valence-corrected chi connectivity index (χ3v) is 3.96. The summed E-state index contributed by atoms with van der Waals surface area (Å²) in [5, 5.41) is 11.3. The first-order valence-corrected chi connectivity index (χ1v) is 6.71. The Morgan fingerprint density at radius 3 is 2.72 bits per heavy atom. The average Bonchev–Trinajstić information content (AvgIpc) is 2.34. The summed E-state index contributed by atoms with van der Waals surface area (Å²) in [6.45, 7) is 0. The maximum Gasteiger partial charge on any atom is 0.122 e. The first-order chi connectivity index (χ1) is 8.52. The number of halogens is 1. The van der Waals surface area contributed by atoms with E-state index >= 15 is 0 Å². The van der Waals surface area contributed by atoms with Gasteiger partial charge in [-0.25, -0.2) is 0 Å². The first kappa shape index (κ1) is 13.7. The van der Waals surface area contributed by atoms with Crippen LogP contribution in [0.4, 0.5) is 0 Å². The molecule has 0 aliphatic heterocycles. The highest BCUT2D eigenvalue weighted by Crippen LogP contribution is 2.34. The molecule has 2 rings (SSSR count). The van der Waals surface area contributed by atoms with Crippen LogP contribution in [0, 0.1) is 0 Å². The molecular weight excluding hydrogens is 250 g/mol. The molecule has 3 N–H and O–H groups in total. The zero-order valence-corrected chi connectivity index (χ0v) is 11.4. The monoisotopic (exact) mass is 269 g/mol. The molecule has 1 saturated carbocycles. The van der Waals surface area contributed by atoms with E-state index in [2.05, 4.69) is 0 Å². The van der Waals surface area contributed by atoms with E-state index in [-0.39, 0.29) is 6.04 Å². The van der Waals surface area contributed by atoms with Gasteiger partial charge in [0.1, 0.15) is 5.75 Å². The Balaban J connectivity index is 2.15. The van der Waals surface area contributed by atoms with Crippen LogP contribution in [0.25, 0.3) is 0 Å². The van der Waals surface area contributed by atoms with Gasteiger partial charge in [0.15, 0.2) is 0 Å². The standard InChI is InChI=1S/C14H20ClNO2/c1-18-13-3-2-11(15)8-10(13)9-14(17)6-4-12(16)5-7-14/h2-3,8,12,17H,4-7,9,16H2,1H3. The molecule has 0 aromatic heterocycles. The summed E-state index contributed by atoms with van der Waals surface area (Å²) in [4.78, 5) is 0. The van der Waals surface area contributed by atoms with Crippen molar-refractivity contribution in [3.05, 3.63) is 28.8 Å². The van der Waals surface area contributed by atoms with Gasteiger partial charge in [-0.2, -0.15) is 0 Å². The maximum absolute atomic E-state index is 10.6. The van der Waals surface area contributed by atoms with Gasteiger partial charge in [-0.05, 0) is 49.4 Å². The van der Waals surface area contributed by atoms with E-state index in [1.54, 1.807) is 13.2 Å². The van der Waals surface area contributed by atoms with Gasteiger partial charge in [-0.1, -0.05) is 11.6 Å². The van der Waals surface area contributed by atoms with Crippen molar-refractivity contribution in [2.45, 2.75) is 43.7 Å². The molecular formula is C14H20ClNO2. The van der Waals surface area contributed by atoms with Crippen molar-refractivity contribution in [2.24, 2.45) is 5.73 Å². The third kappa shape index (κ3) is 3.16. The highest BCUT2D eigenvalue weighted by Gasteiger charge is 2.32. The second-order valence-electron chi connectivity index (χ2n) is 5.19. The Morgan fingerprint density at radius 1 is 1.44 bits per heavy atom. The summed E-state index contributed by atoms with van der Waals surface area (Å²) in [6.07, 6.45) is 3.80. The maximum atomic E-state index is 10.6. The van der Waals surface area contributed by atoms with Gasteiger partial charge in [0.25, 0.3) is 0 Å². The number of hydrogen-bond donors (Lipinski definition) is 2. The lowest BCUT2D eigenvalue weighted by atomic mass is 9.78. The van der Waals surface area contributed by atoms with Crippen molar-refractivity contribution in [2.75, 3.05) is 7.11 Å². The molecule has 0 atom stereocenters. The molecule has 0 radical (unpaired) electrons. The number of aliphatic hydroxyl groups is 1. The summed E-state index contributed by atoms with van der Waals surface area (Å²) in [7, 11) is 1.63. The van der Waals surface area contributed by atoms with E-state index < -0.39 is 5.60 Å². The highest BCUT2D eigenvalue weighted by molar-refractivity contribution is 6.30. The molecule has 100 valence electrons. The van der Waals surface area contributed by atoms with E-state index in [1.807, 2.05) is 12.1 Å². The molecule has 1 fully saturated rings. The van der Waals surface area contributed by atoms with E-state index in [1.165, 1.54) is 0 Å². The number of ether oxygens (including phenoxy) is 1. The lowest BCUT2D eigenvalue weighted by Crippen LogP contribution is -2.40. The van der Waals surface area contributed by atoms with Crippen LogP contribution in [-0.2, 0) is 6.42 Å². The summed E-state index contributed by atoms with van der Waals surface area (Å²) in [5.74, 6) is 0.780. The van der Waals surface area contributed by atoms with Gasteiger partial charge in [0.2, 0.25) is 0 Å². The summed E-state index contributed by atoms with van der Waals surface area (Å²) in [6, 6.07) is 5.74. The molecule has 0 saturated heterocycles. The van der Waals surface area contributed by atoms with Crippen LogP contribution in [-0.4, -0.2) is 23.9 Å². The smallest absolute Gasteiger partial charge is 0.122 e. The van der Waals surface area contributed by atoms with Gasteiger partial charge in [0.05, 0.1) is 12.7 Å². The van der Waals surface area contributed by atoms with Crippen LogP contribution in [0.15, 0.2) is 18.2 Å². The topological polar surface area (TPSA) is 55.5 Å². The average molecular weight is 270 g/mol. The van der Waals surface area contributed by atoms with Crippen molar-refractivity contribution < 1.29 is 9.84 Å². The van der Waals surface area contributed by atoms with Crippen molar-refractivity contribution in [3.8, 4) is 5.75 Å². The Bertz CT molecular complexity index is 414. The fraction of sp³-hybridized carbons (Fsp3) is 0.571. The molecule has 1 aliphatic rings. The first-order valence-electron chi connectivity index (χ1n) is 6.33. The van der Waals surface area contributed by atoms with E-state index in [0.29, 0.717) is 11.4 Å². The fourth-order valence-electron chi connectivity index (χ4n) is 2.59. The predicted octanol–water partition coefficient (Wildman–Crippen LogP) is 2.52. The second-order valence-corrected chi connectivity index (χ2v) is 5.63. The Labute approximate surface area is 113 Å². The van der Waals surface area contributed by atoms with Crippen LogP contribution >= 0.6 is 11.6 Å². The minimum Gasteiger partial charge on any atom is -0.496 e. The van der Waals surface area contributed by atoms with Crippen LogP contribution < -0.4 is 10.5 Å². The normalized spacial score (nSPS) is 28.1. The summed E-state index contributed by atoms with van der Waals surface area (Å²) < 4.78 is 5.31.